The molecular weight excluding hydrogens is 763 g/mol. The molecule has 0 spiro atoms. The van der Waals surface area contributed by atoms with E-state index < -0.39 is 136 Å². The second kappa shape index (κ2) is 14.1. The van der Waals surface area contributed by atoms with Crippen LogP contribution < -0.4 is 0 Å². The van der Waals surface area contributed by atoms with Crippen LogP contribution in [0.1, 0.15) is 23.3 Å². The summed E-state index contributed by atoms with van der Waals surface area (Å²) in [5.41, 5.74) is 1.76. The number of nitrogens with zero attached hydrogens (tertiary/aromatic N) is 3. The fraction of sp³-hybridized carbons (Fsp3) is 0. The second-order valence-electron chi connectivity index (χ2n) is 15.2. The summed E-state index contributed by atoms with van der Waals surface area (Å²) in [6.07, 6.45) is 0. The van der Waals surface area contributed by atoms with Crippen LogP contribution in [0.25, 0.3) is 116 Å². The Kier molecular flexibility index (Phi) is 5.02. The first kappa shape index (κ1) is 22.4. The van der Waals surface area contributed by atoms with Crippen molar-refractivity contribution < 1.29 is 23.3 Å². The van der Waals surface area contributed by atoms with Gasteiger partial charge in [-0.1, -0.05) is 170 Å². The van der Waals surface area contributed by atoms with Crippen molar-refractivity contribution in [1.82, 2.24) is 13.7 Å². The van der Waals surface area contributed by atoms with Crippen LogP contribution in [0.3, 0.4) is 0 Å². The molecule has 0 aliphatic heterocycles. The van der Waals surface area contributed by atoms with Gasteiger partial charge in [0.25, 0.3) is 0 Å². The fourth-order valence-corrected chi connectivity index (χ4v) is 9.13. The Bertz CT molecular complexity index is 4830. The van der Waals surface area contributed by atoms with Gasteiger partial charge in [-0.2, -0.15) is 0 Å². The molecule has 0 radical (unpaired) electrons. The maximum Gasteiger partial charge on any atom is 0.0782 e. The molecule has 63 heavy (non-hydrogen) atoms. The first-order valence-electron chi connectivity index (χ1n) is 28.8. The van der Waals surface area contributed by atoms with Gasteiger partial charge in [0.2, 0.25) is 0 Å². The van der Waals surface area contributed by atoms with Crippen LogP contribution in [0, 0.1) is 0 Å². The third kappa shape index (κ3) is 5.53. The molecule has 0 atom stereocenters. The summed E-state index contributed by atoms with van der Waals surface area (Å²) in [5.74, 6) is 0. The molecule has 0 amide bonds. The van der Waals surface area contributed by atoms with Crippen LogP contribution in [-0.4, -0.2) is 13.7 Å². The Labute approximate surface area is 388 Å². The van der Waals surface area contributed by atoms with E-state index in [1.165, 1.54) is 0 Å². The highest BCUT2D eigenvalue weighted by Crippen LogP contribution is 2.42. The third-order valence-corrected chi connectivity index (χ3v) is 11.7. The van der Waals surface area contributed by atoms with E-state index in [-0.39, 0.29) is 5.69 Å². The lowest BCUT2D eigenvalue weighted by atomic mass is 9.95. The number of benzene rings is 10. The Morgan fingerprint density at radius 1 is 0.286 bits per heavy atom. The topological polar surface area (TPSA) is 14.8 Å². The van der Waals surface area contributed by atoms with Crippen molar-refractivity contribution in [2.75, 3.05) is 0 Å². The van der Waals surface area contributed by atoms with Crippen molar-refractivity contribution in [1.29, 1.82) is 0 Å². The Balaban J connectivity index is 1.20. The maximum atomic E-state index is 10.4. The van der Waals surface area contributed by atoms with Crippen LogP contribution in [0.5, 0.6) is 0 Å². The molecule has 0 bridgehead atoms. The number of para-hydroxylation sites is 5. The molecule has 0 fully saturated rings. The van der Waals surface area contributed by atoms with E-state index >= 15 is 0 Å². The van der Waals surface area contributed by atoms with Crippen molar-refractivity contribution in [2.24, 2.45) is 0 Å². The van der Waals surface area contributed by atoms with Crippen LogP contribution in [0.15, 0.2) is 236 Å². The predicted molar refractivity (Wildman–Crippen MR) is 266 cm³/mol. The smallest absolute Gasteiger partial charge is 0.0782 e. The first-order chi connectivity index (χ1) is 38.4. The van der Waals surface area contributed by atoms with E-state index in [0.717, 1.165) is 49.3 Å². The number of rotatable bonds is 6. The molecule has 0 saturated carbocycles. The minimum Gasteiger partial charge on any atom is -0.309 e. The Hall–Kier alpha value is -8.40. The highest BCUT2D eigenvalue weighted by Gasteiger charge is 2.22. The monoisotopic (exact) mass is 818 g/mol. The highest BCUT2D eigenvalue weighted by atomic mass is 15.1. The molecule has 13 aromatic rings. The molecule has 294 valence electrons. The molecule has 0 aliphatic carbocycles. The summed E-state index contributed by atoms with van der Waals surface area (Å²) in [4.78, 5) is 0. The van der Waals surface area contributed by atoms with Crippen LogP contribution in [0.2, 0.25) is 0 Å². The van der Waals surface area contributed by atoms with Crippen molar-refractivity contribution in [3.05, 3.63) is 236 Å². The van der Waals surface area contributed by atoms with Crippen LogP contribution in [0.4, 0.5) is 0 Å². The van der Waals surface area contributed by atoms with Gasteiger partial charge in [-0.25, -0.2) is 0 Å². The van der Waals surface area contributed by atoms with E-state index in [1.54, 1.807) is 16.7 Å². The van der Waals surface area contributed by atoms with Gasteiger partial charge < -0.3 is 13.7 Å². The molecule has 0 aliphatic rings. The van der Waals surface area contributed by atoms with Gasteiger partial charge in [0.05, 0.1) is 62.1 Å². The third-order valence-electron chi connectivity index (χ3n) is 11.7. The maximum absolute atomic E-state index is 10.4. The summed E-state index contributed by atoms with van der Waals surface area (Å²) >= 11 is 0. The van der Waals surface area contributed by atoms with Crippen molar-refractivity contribution in [3.8, 4) is 50.4 Å². The van der Waals surface area contributed by atoms with E-state index in [9.17, 15) is 9.60 Å². The van der Waals surface area contributed by atoms with Crippen molar-refractivity contribution in [2.45, 2.75) is 0 Å². The first-order valence-corrected chi connectivity index (χ1v) is 20.3. The molecule has 10 aromatic carbocycles. The normalized spacial score (nSPS) is 15.6. The van der Waals surface area contributed by atoms with Gasteiger partial charge >= 0.3 is 0 Å². The summed E-state index contributed by atoms with van der Waals surface area (Å²) in [6.45, 7) is 0. The number of fused-ring (bicyclic) bond motifs is 9. The van der Waals surface area contributed by atoms with E-state index in [0.29, 0.717) is 27.5 Å². The summed E-state index contributed by atoms with van der Waals surface area (Å²) in [7, 11) is 0. The zero-order valence-electron chi connectivity index (χ0n) is 50.0. The number of hydrogen-bond acceptors (Lipinski definition) is 0. The summed E-state index contributed by atoms with van der Waals surface area (Å²) in [5, 5.41) is 5.25. The average Bonchev–Trinajstić information content (AvgIpc) is 4.12. The second-order valence-corrected chi connectivity index (χ2v) is 15.2. The Morgan fingerprint density at radius 3 is 1.35 bits per heavy atom. The van der Waals surface area contributed by atoms with E-state index in [1.807, 2.05) is 78.9 Å². The zero-order valence-corrected chi connectivity index (χ0v) is 33.0. The van der Waals surface area contributed by atoms with Gasteiger partial charge in [-0.3, -0.25) is 0 Å². The standard InChI is InChI=1S/C60H39N3/c1-3-17-40(18-4-1)42-21-15-22-43(35-42)45-36-44(41-19-5-2-6-20-41)37-47(38-45)62-56-30-13-10-26-51(56)53-27-16-32-58(60(53)62)63-57-31-14-9-25-50(57)52-34-33-46(39-59(52)63)61-54-28-11-7-23-48(54)49-24-8-12-29-55(49)61/h1-39H/i1D,2D,3D,4D,5D,6D,15D,17D,18D,19D,20D,21D,22D,35D,36D,37D,38D. The fourth-order valence-electron chi connectivity index (χ4n) is 9.13. The minimum absolute atomic E-state index is 0.312. The molecule has 3 heterocycles. The summed E-state index contributed by atoms with van der Waals surface area (Å²) in [6, 6.07) is 29.9. The van der Waals surface area contributed by atoms with Gasteiger partial charge in [0.1, 0.15) is 0 Å². The molecular formula is C60H39N3. The largest absolute Gasteiger partial charge is 0.309 e. The Morgan fingerprint density at radius 2 is 0.730 bits per heavy atom. The molecule has 0 N–H and O–H groups in total. The molecule has 13 rings (SSSR count). The number of hydrogen-bond donors (Lipinski definition) is 0. The van der Waals surface area contributed by atoms with E-state index in [2.05, 4.69) is 51.6 Å². The van der Waals surface area contributed by atoms with Crippen LogP contribution in [-0.2, 0) is 0 Å². The van der Waals surface area contributed by atoms with Gasteiger partial charge in [-0.05, 0) is 100 Å². The molecule has 3 aromatic heterocycles. The van der Waals surface area contributed by atoms with Gasteiger partial charge in [0, 0.05) is 43.7 Å². The lowest BCUT2D eigenvalue weighted by Crippen LogP contribution is -2.02. The molecule has 3 nitrogen and oxygen atoms in total. The quantitative estimate of drug-likeness (QED) is 0.159. The lowest BCUT2D eigenvalue weighted by Gasteiger charge is -2.17. The molecule has 0 saturated heterocycles. The minimum atomic E-state index is -0.886. The molecule has 3 heteroatoms. The van der Waals surface area contributed by atoms with Crippen LogP contribution >= 0.6 is 0 Å². The van der Waals surface area contributed by atoms with Crippen molar-refractivity contribution in [3.63, 3.8) is 0 Å². The lowest BCUT2D eigenvalue weighted by molar-refractivity contribution is 1.13. The highest BCUT2D eigenvalue weighted by molar-refractivity contribution is 6.16. The van der Waals surface area contributed by atoms with Crippen molar-refractivity contribution >= 4 is 65.4 Å². The zero-order chi connectivity index (χ0) is 56.2. The van der Waals surface area contributed by atoms with Gasteiger partial charge in [-0.15, -0.1) is 0 Å². The summed E-state index contributed by atoms with van der Waals surface area (Å²) < 4.78 is 161. The average molecular weight is 819 g/mol. The predicted octanol–water partition coefficient (Wildman–Crippen LogP) is 16.0. The van der Waals surface area contributed by atoms with E-state index in [4.69, 9.17) is 13.7 Å². The van der Waals surface area contributed by atoms with Gasteiger partial charge in [0.15, 0.2) is 0 Å². The SMILES string of the molecule is [2H]c1c([2H])c([2H])c(-c2c([2H])c([2H])c([2H])c(-c3c([2H])c(-c4c([2H])c([2H])c([2H])c([2H])c4[2H])c([2H])c(-n4c5ccccc5c5cccc(-n6c7ccccc7c7ccc(-n8c9ccccc9c9ccccc98)cc76)c54)c3[2H])c2[2H])c([2H])c1[2H]. The number of aromatic nitrogens is 3. The molecule has 0 unspecified atom stereocenters.